The summed E-state index contributed by atoms with van der Waals surface area (Å²) in [6.45, 7) is 0. The molecule has 0 atom stereocenters. The Morgan fingerprint density at radius 1 is 1.22 bits per heavy atom. The number of rotatable bonds is 2. The average Bonchev–Trinajstić information content (AvgIpc) is 2.74. The summed E-state index contributed by atoms with van der Waals surface area (Å²) >= 11 is 0. The van der Waals surface area contributed by atoms with Crippen molar-refractivity contribution in [2.75, 3.05) is 0 Å². The SMILES string of the molecule is O=C(O)c1cc(C(F)(F)F)n(-c2ccccc2)n1. The lowest BCUT2D eigenvalue weighted by Crippen LogP contribution is -2.13. The highest BCUT2D eigenvalue weighted by Gasteiger charge is 2.37. The third-order valence-electron chi connectivity index (χ3n) is 2.22. The van der Waals surface area contributed by atoms with E-state index in [0.29, 0.717) is 10.7 Å². The maximum Gasteiger partial charge on any atom is 0.433 e. The van der Waals surface area contributed by atoms with Crippen LogP contribution in [0.3, 0.4) is 0 Å². The molecule has 0 fully saturated rings. The van der Waals surface area contributed by atoms with Crippen molar-refractivity contribution >= 4 is 5.97 Å². The van der Waals surface area contributed by atoms with Crippen molar-refractivity contribution in [1.82, 2.24) is 9.78 Å². The molecule has 18 heavy (non-hydrogen) atoms. The van der Waals surface area contributed by atoms with Crippen LogP contribution in [-0.2, 0) is 6.18 Å². The summed E-state index contributed by atoms with van der Waals surface area (Å²) in [5, 5.41) is 12.1. The smallest absolute Gasteiger partial charge is 0.433 e. The number of alkyl halides is 3. The Morgan fingerprint density at radius 2 is 1.83 bits per heavy atom. The topological polar surface area (TPSA) is 55.1 Å². The van der Waals surface area contributed by atoms with Gasteiger partial charge in [0.05, 0.1) is 5.69 Å². The monoisotopic (exact) mass is 256 g/mol. The van der Waals surface area contributed by atoms with Crippen molar-refractivity contribution in [2.45, 2.75) is 6.18 Å². The lowest BCUT2D eigenvalue weighted by molar-refractivity contribution is -0.142. The Balaban J connectivity index is 2.62. The second-order valence-electron chi connectivity index (χ2n) is 3.47. The molecule has 94 valence electrons. The van der Waals surface area contributed by atoms with Crippen LogP contribution in [0.25, 0.3) is 5.69 Å². The van der Waals surface area contributed by atoms with E-state index in [4.69, 9.17) is 5.11 Å². The molecule has 0 spiro atoms. The van der Waals surface area contributed by atoms with Gasteiger partial charge in [-0.25, -0.2) is 9.48 Å². The van der Waals surface area contributed by atoms with Crippen LogP contribution in [0.4, 0.5) is 13.2 Å². The van der Waals surface area contributed by atoms with E-state index in [1.165, 1.54) is 24.3 Å². The molecule has 2 rings (SSSR count). The molecule has 4 nitrogen and oxygen atoms in total. The highest BCUT2D eigenvalue weighted by Crippen LogP contribution is 2.31. The summed E-state index contributed by atoms with van der Waals surface area (Å²) in [6.07, 6.45) is -4.67. The summed E-state index contributed by atoms with van der Waals surface area (Å²) in [5.41, 5.74) is -1.62. The molecular weight excluding hydrogens is 249 g/mol. The van der Waals surface area contributed by atoms with Crippen molar-refractivity contribution in [2.24, 2.45) is 0 Å². The standard InChI is InChI=1S/C11H7F3N2O2/c12-11(13,14)9-6-8(10(17)18)15-16(9)7-4-2-1-3-5-7/h1-6H,(H,17,18). The number of aromatic nitrogens is 2. The zero-order valence-corrected chi connectivity index (χ0v) is 8.85. The van der Waals surface area contributed by atoms with Crippen LogP contribution < -0.4 is 0 Å². The molecule has 7 heteroatoms. The molecule has 1 aromatic carbocycles. The van der Waals surface area contributed by atoms with Gasteiger partial charge in [0.25, 0.3) is 0 Å². The lowest BCUT2D eigenvalue weighted by atomic mass is 10.3. The molecule has 0 aliphatic rings. The van der Waals surface area contributed by atoms with E-state index in [1.54, 1.807) is 6.07 Å². The van der Waals surface area contributed by atoms with Crippen molar-refractivity contribution in [1.29, 1.82) is 0 Å². The quantitative estimate of drug-likeness (QED) is 0.898. The third-order valence-corrected chi connectivity index (χ3v) is 2.22. The number of carboxylic acids is 1. The van der Waals surface area contributed by atoms with Gasteiger partial charge in [-0.15, -0.1) is 0 Å². The number of hydrogen-bond donors (Lipinski definition) is 1. The number of carboxylic acid groups (broad SMARTS) is 1. The van der Waals surface area contributed by atoms with Crippen LogP contribution >= 0.6 is 0 Å². The lowest BCUT2D eigenvalue weighted by Gasteiger charge is -2.09. The van der Waals surface area contributed by atoms with Gasteiger partial charge in [-0.05, 0) is 12.1 Å². The first kappa shape index (κ1) is 12.2. The number of hydrogen-bond acceptors (Lipinski definition) is 2. The van der Waals surface area contributed by atoms with Gasteiger partial charge in [-0.3, -0.25) is 0 Å². The van der Waals surface area contributed by atoms with E-state index in [0.717, 1.165) is 0 Å². The molecule has 0 saturated carbocycles. The van der Waals surface area contributed by atoms with Gasteiger partial charge in [0, 0.05) is 6.07 Å². The predicted molar refractivity (Wildman–Crippen MR) is 55.5 cm³/mol. The molecule has 0 aliphatic heterocycles. The van der Waals surface area contributed by atoms with Crippen LogP contribution in [0.15, 0.2) is 36.4 Å². The predicted octanol–water partition coefficient (Wildman–Crippen LogP) is 2.59. The largest absolute Gasteiger partial charge is 0.476 e. The van der Waals surface area contributed by atoms with Gasteiger partial charge in [0.2, 0.25) is 0 Å². The van der Waals surface area contributed by atoms with Gasteiger partial charge in [-0.2, -0.15) is 18.3 Å². The zero-order chi connectivity index (χ0) is 13.3. The van der Waals surface area contributed by atoms with Gasteiger partial charge >= 0.3 is 12.1 Å². The molecular formula is C11H7F3N2O2. The normalized spacial score (nSPS) is 11.5. The second-order valence-corrected chi connectivity index (χ2v) is 3.47. The number of benzene rings is 1. The maximum atomic E-state index is 12.8. The van der Waals surface area contributed by atoms with Crippen molar-refractivity contribution in [3.05, 3.63) is 47.8 Å². The van der Waals surface area contributed by atoms with E-state index in [2.05, 4.69) is 5.10 Å². The molecule has 2 aromatic rings. The van der Waals surface area contributed by atoms with E-state index in [-0.39, 0.29) is 5.69 Å². The van der Waals surface area contributed by atoms with Crippen LogP contribution in [-0.4, -0.2) is 20.9 Å². The molecule has 0 unspecified atom stereocenters. The first-order valence-electron chi connectivity index (χ1n) is 4.85. The fraction of sp³-hybridized carbons (Fsp3) is 0.0909. The van der Waals surface area contributed by atoms with E-state index in [9.17, 15) is 18.0 Å². The Hall–Kier alpha value is -2.31. The first-order chi connectivity index (χ1) is 8.39. The van der Waals surface area contributed by atoms with Crippen LogP contribution in [0.2, 0.25) is 0 Å². The fourth-order valence-corrected chi connectivity index (χ4v) is 1.45. The number of halogens is 3. The number of carbonyl (C=O) groups is 1. The minimum absolute atomic E-state index is 0.150. The minimum atomic E-state index is -4.67. The summed E-state index contributed by atoms with van der Waals surface area (Å²) < 4.78 is 38.8. The van der Waals surface area contributed by atoms with E-state index < -0.39 is 23.5 Å². The van der Waals surface area contributed by atoms with Crippen molar-refractivity contribution < 1.29 is 23.1 Å². The number of aromatic carboxylic acids is 1. The summed E-state index contributed by atoms with van der Waals surface area (Å²) in [7, 11) is 0. The molecule has 0 saturated heterocycles. The van der Waals surface area contributed by atoms with Gasteiger partial charge in [-0.1, -0.05) is 18.2 Å². The van der Waals surface area contributed by atoms with Gasteiger partial charge < -0.3 is 5.11 Å². The van der Waals surface area contributed by atoms with Gasteiger partial charge in [0.1, 0.15) is 5.69 Å². The van der Waals surface area contributed by atoms with Crippen molar-refractivity contribution in [3.63, 3.8) is 0 Å². The second kappa shape index (κ2) is 4.17. The van der Waals surface area contributed by atoms with Crippen molar-refractivity contribution in [3.8, 4) is 5.69 Å². The molecule has 1 N–H and O–H groups in total. The van der Waals surface area contributed by atoms with Crippen LogP contribution in [0, 0.1) is 0 Å². The van der Waals surface area contributed by atoms with E-state index >= 15 is 0 Å². The highest BCUT2D eigenvalue weighted by molar-refractivity contribution is 5.85. The Kier molecular flexibility index (Phi) is 2.82. The summed E-state index contributed by atoms with van der Waals surface area (Å²) in [6, 6.07) is 8.05. The van der Waals surface area contributed by atoms with Gasteiger partial charge in [0.15, 0.2) is 5.69 Å². The summed E-state index contributed by atoms with van der Waals surface area (Å²) in [4.78, 5) is 10.7. The Morgan fingerprint density at radius 3 is 2.33 bits per heavy atom. The summed E-state index contributed by atoms with van der Waals surface area (Å²) in [5.74, 6) is -1.50. The van der Waals surface area contributed by atoms with Crippen LogP contribution in [0.1, 0.15) is 16.2 Å². The zero-order valence-electron chi connectivity index (χ0n) is 8.85. The molecule has 0 amide bonds. The van der Waals surface area contributed by atoms with Crippen LogP contribution in [0.5, 0.6) is 0 Å². The highest BCUT2D eigenvalue weighted by atomic mass is 19.4. The molecule has 0 aliphatic carbocycles. The Labute approximate surface area is 99.3 Å². The Bertz CT molecular complexity index is 576. The maximum absolute atomic E-state index is 12.8. The fourth-order valence-electron chi connectivity index (χ4n) is 1.45. The molecule has 0 bridgehead atoms. The average molecular weight is 256 g/mol. The minimum Gasteiger partial charge on any atom is -0.476 e. The molecule has 0 radical (unpaired) electrons. The van der Waals surface area contributed by atoms with E-state index in [1.807, 2.05) is 0 Å². The first-order valence-corrected chi connectivity index (χ1v) is 4.85. The number of para-hydroxylation sites is 1. The molecule has 1 heterocycles. The number of nitrogens with zero attached hydrogens (tertiary/aromatic N) is 2. The molecule has 1 aromatic heterocycles. The third kappa shape index (κ3) is 2.20.